The Morgan fingerprint density at radius 3 is 2.82 bits per heavy atom. The summed E-state index contributed by atoms with van der Waals surface area (Å²) in [5, 5.41) is 2.90. The molecule has 0 spiro atoms. The fourth-order valence-electron chi connectivity index (χ4n) is 2.45. The van der Waals surface area contributed by atoms with Gasteiger partial charge in [0.2, 0.25) is 0 Å². The van der Waals surface area contributed by atoms with Crippen LogP contribution in [0.1, 0.15) is 12.6 Å². The Labute approximate surface area is 165 Å². The average Bonchev–Trinajstić information content (AvgIpc) is 3.02. The molecule has 5 nitrogen and oxygen atoms in total. The molecule has 0 saturated carbocycles. The molecule has 0 atom stereocenters. The molecule has 2 aromatic rings. The van der Waals surface area contributed by atoms with E-state index < -0.39 is 18.5 Å². The minimum atomic E-state index is -4.43. The van der Waals surface area contributed by atoms with Crippen molar-refractivity contribution in [3.05, 3.63) is 41.0 Å². The van der Waals surface area contributed by atoms with Crippen LogP contribution in [0.4, 0.5) is 22.0 Å². The molecule has 2 aromatic heterocycles. The van der Waals surface area contributed by atoms with E-state index in [0.717, 1.165) is 10.7 Å². The zero-order valence-electron chi connectivity index (χ0n) is 14.5. The van der Waals surface area contributed by atoms with Gasteiger partial charge in [-0.25, -0.2) is 18.7 Å². The lowest BCUT2D eigenvalue weighted by molar-refractivity contribution is -0.0329. The summed E-state index contributed by atoms with van der Waals surface area (Å²) in [5.41, 5.74) is -2.95. The number of thioether (sulfide) groups is 2. The van der Waals surface area contributed by atoms with Crippen molar-refractivity contribution in [2.75, 3.05) is 18.9 Å². The maximum atomic E-state index is 12.5. The quantitative estimate of drug-likeness (QED) is 0.389. The summed E-state index contributed by atoms with van der Waals surface area (Å²) in [7, 11) is 0. The highest BCUT2D eigenvalue weighted by atomic mass is 32.2. The molecule has 0 aliphatic carbocycles. The Morgan fingerprint density at radius 1 is 1.36 bits per heavy atom. The molecular weight excluding hydrogens is 423 g/mol. The first kappa shape index (κ1) is 20.8. The van der Waals surface area contributed by atoms with Gasteiger partial charge in [-0.15, -0.1) is 11.8 Å². The van der Waals surface area contributed by atoms with E-state index in [2.05, 4.69) is 15.3 Å². The molecule has 12 heteroatoms. The predicted octanol–water partition coefficient (Wildman–Crippen LogP) is 4.53. The number of fused-ring (bicyclic) bond motifs is 1. The van der Waals surface area contributed by atoms with E-state index in [1.165, 1.54) is 28.6 Å². The molecule has 28 heavy (non-hydrogen) atoms. The fraction of sp³-hybridized carbons (Fsp3) is 0.375. The van der Waals surface area contributed by atoms with Gasteiger partial charge in [-0.3, -0.25) is 4.40 Å². The molecule has 1 aliphatic heterocycles. The van der Waals surface area contributed by atoms with E-state index >= 15 is 0 Å². The number of imidazole rings is 1. The van der Waals surface area contributed by atoms with Crippen molar-refractivity contribution in [1.29, 1.82) is 0 Å². The van der Waals surface area contributed by atoms with Crippen LogP contribution < -0.4 is 5.32 Å². The van der Waals surface area contributed by atoms with E-state index in [9.17, 15) is 22.0 Å². The first-order valence-corrected chi connectivity index (χ1v) is 9.88. The van der Waals surface area contributed by atoms with Crippen LogP contribution in [0.3, 0.4) is 0 Å². The van der Waals surface area contributed by atoms with E-state index in [1.807, 2.05) is 6.92 Å². The lowest BCUT2D eigenvalue weighted by atomic mass is 10.2. The third kappa shape index (κ3) is 5.31. The van der Waals surface area contributed by atoms with E-state index in [4.69, 9.17) is 4.74 Å². The number of hydrogen-bond acceptors (Lipinski definition) is 6. The smallest absolute Gasteiger partial charge is 0.447 e. The van der Waals surface area contributed by atoms with E-state index in [-0.39, 0.29) is 23.3 Å². The van der Waals surface area contributed by atoms with Crippen molar-refractivity contribution in [2.45, 2.75) is 23.9 Å². The lowest BCUT2D eigenvalue weighted by Crippen LogP contribution is -2.23. The second-order valence-corrected chi connectivity index (χ2v) is 7.90. The predicted molar refractivity (Wildman–Crippen MR) is 98.0 cm³/mol. The molecule has 1 N–H and O–H groups in total. The standard InChI is InChI=1S/C16H15F5N4OS2/c1-2-27-11-3-9(26-7-12(17)18)5-22-15(11)10-6-25-8-23-14(4-13(25)24-10)28-16(19,20)21/h3-4,6,8,12,22H,2,5,7H2,1H3. The molecule has 0 radical (unpaired) electrons. The molecule has 152 valence electrons. The monoisotopic (exact) mass is 438 g/mol. The summed E-state index contributed by atoms with van der Waals surface area (Å²) in [6.45, 7) is 1.45. The number of dihydropyridines is 1. The normalized spacial score (nSPS) is 15.2. The average molecular weight is 438 g/mol. The maximum Gasteiger partial charge on any atom is 0.447 e. The highest BCUT2D eigenvalue weighted by Gasteiger charge is 2.30. The SMILES string of the molecule is CCSC1=C(c2cn3cnc(SC(F)(F)F)cc3n2)NCC(OCC(F)F)=C1. The van der Waals surface area contributed by atoms with Crippen LogP contribution >= 0.6 is 23.5 Å². The highest BCUT2D eigenvalue weighted by Crippen LogP contribution is 2.36. The second-order valence-electron chi connectivity index (χ2n) is 5.51. The zero-order chi connectivity index (χ0) is 20.3. The molecule has 0 bridgehead atoms. The number of hydrogen-bond donors (Lipinski definition) is 1. The Hall–Kier alpha value is -1.95. The number of nitrogens with one attached hydrogen (secondary N) is 1. The number of alkyl halides is 5. The third-order valence-electron chi connectivity index (χ3n) is 3.47. The van der Waals surface area contributed by atoms with Crippen LogP contribution in [0, 0.1) is 0 Å². The van der Waals surface area contributed by atoms with Gasteiger partial charge in [0, 0.05) is 28.9 Å². The van der Waals surface area contributed by atoms with Gasteiger partial charge >= 0.3 is 5.51 Å². The Morgan fingerprint density at radius 2 is 2.14 bits per heavy atom. The van der Waals surface area contributed by atoms with Crippen LogP contribution in [0.2, 0.25) is 0 Å². The largest absolute Gasteiger partial charge is 0.490 e. The van der Waals surface area contributed by atoms with Crippen LogP contribution in [-0.2, 0) is 4.74 Å². The minimum Gasteiger partial charge on any atom is -0.490 e. The van der Waals surface area contributed by atoms with Crippen LogP contribution in [0.5, 0.6) is 0 Å². The highest BCUT2D eigenvalue weighted by molar-refractivity contribution is 8.03. The third-order valence-corrected chi connectivity index (χ3v) is 5.06. The van der Waals surface area contributed by atoms with Crippen molar-refractivity contribution in [3.63, 3.8) is 0 Å². The zero-order valence-corrected chi connectivity index (χ0v) is 16.1. The molecule has 3 heterocycles. The number of allylic oxidation sites excluding steroid dienone is 1. The van der Waals surface area contributed by atoms with Crippen molar-refractivity contribution in [1.82, 2.24) is 19.7 Å². The van der Waals surface area contributed by atoms with Crippen LogP contribution in [0.25, 0.3) is 11.3 Å². The number of nitrogens with zero attached hydrogens (tertiary/aromatic N) is 3. The number of aromatic nitrogens is 3. The first-order valence-electron chi connectivity index (χ1n) is 8.08. The van der Waals surface area contributed by atoms with Gasteiger partial charge in [0.25, 0.3) is 6.43 Å². The van der Waals surface area contributed by atoms with Crippen molar-refractivity contribution < 1.29 is 26.7 Å². The van der Waals surface area contributed by atoms with Crippen molar-refractivity contribution in [3.8, 4) is 0 Å². The number of halogens is 5. The van der Waals surface area contributed by atoms with Crippen LogP contribution in [-0.4, -0.2) is 45.2 Å². The summed E-state index contributed by atoms with van der Waals surface area (Å²) in [4.78, 5) is 8.91. The summed E-state index contributed by atoms with van der Waals surface area (Å²) in [6.07, 6.45) is 2.02. The lowest BCUT2D eigenvalue weighted by Gasteiger charge is -2.21. The first-order chi connectivity index (χ1) is 13.2. The summed E-state index contributed by atoms with van der Waals surface area (Å²) < 4.78 is 68.9. The Kier molecular flexibility index (Phi) is 6.38. The molecule has 0 amide bonds. The number of ether oxygens (including phenoxy) is 1. The van der Waals surface area contributed by atoms with Gasteiger partial charge in [0.15, 0.2) is 0 Å². The molecule has 3 rings (SSSR count). The summed E-state index contributed by atoms with van der Waals surface area (Å²) in [6, 6.07) is 1.25. The summed E-state index contributed by atoms with van der Waals surface area (Å²) >= 11 is 1.16. The van der Waals surface area contributed by atoms with Crippen LogP contribution in [0.15, 0.2) is 40.4 Å². The Balaban J connectivity index is 1.91. The Bertz CT molecular complexity index is 910. The van der Waals surface area contributed by atoms with E-state index in [0.29, 0.717) is 22.8 Å². The molecular formula is C16H15F5N4OS2. The van der Waals surface area contributed by atoms with E-state index in [1.54, 1.807) is 12.3 Å². The van der Waals surface area contributed by atoms with Gasteiger partial charge in [0.1, 0.15) is 35.1 Å². The second kappa shape index (κ2) is 8.60. The molecule has 0 saturated heterocycles. The molecule has 0 unspecified atom stereocenters. The van der Waals surface area contributed by atoms with Gasteiger partial charge in [-0.2, -0.15) is 13.2 Å². The van der Waals surface area contributed by atoms with Crippen molar-refractivity contribution >= 4 is 34.9 Å². The molecule has 0 aromatic carbocycles. The summed E-state index contributed by atoms with van der Waals surface area (Å²) in [5.74, 6) is 1.11. The van der Waals surface area contributed by atoms with Gasteiger partial charge < -0.3 is 10.1 Å². The van der Waals surface area contributed by atoms with Crippen molar-refractivity contribution in [2.24, 2.45) is 0 Å². The van der Waals surface area contributed by atoms with Gasteiger partial charge in [0.05, 0.1) is 12.2 Å². The topological polar surface area (TPSA) is 51.5 Å². The number of rotatable bonds is 7. The molecule has 1 aliphatic rings. The minimum absolute atomic E-state index is 0.200. The molecule has 0 fully saturated rings. The van der Waals surface area contributed by atoms with Gasteiger partial charge in [-0.1, -0.05) is 6.92 Å². The maximum absolute atomic E-state index is 12.5. The van der Waals surface area contributed by atoms with Gasteiger partial charge in [-0.05, 0) is 11.8 Å². The fourth-order valence-corrected chi connectivity index (χ4v) is 3.80.